The second-order valence-electron chi connectivity index (χ2n) is 7.40. The molecule has 4 rings (SSSR count). The van der Waals surface area contributed by atoms with Crippen LogP contribution >= 0.6 is 0 Å². The first-order valence-electron chi connectivity index (χ1n) is 9.56. The molecule has 4 nitrogen and oxygen atoms in total. The summed E-state index contributed by atoms with van der Waals surface area (Å²) in [5.74, 6) is -0.239. The zero-order valence-corrected chi connectivity index (χ0v) is 15.6. The lowest BCUT2D eigenvalue weighted by molar-refractivity contribution is 0.334. The molecule has 1 aliphatic heterocycles. The Bertz CT molecular complexity index is 1010. The van der Waals surface area contributed by atoms with E-state index in [1.165, 1.54) is 6.07 Å². The first kappa shape index (κ1) is 17.9. The molecule has 0 radical (unpaired) electrons. The van der Waals surface area contributed by atoms with Gasteiger partial charge < -0.3 is 4.90 Å². The van der Waals surface area contributed by atoms with Crippen molar-refractivity contribution in [3.8, 4) is 0 Å². The summed E-state index contributed by atoms with van der Waals surface area (Å²) in [6.45, 7) is 2.00. The molecule has 5 heteroatoms. The van der Waals surface area contributed by atoms with Crippen molar-refractivity contribution in [1.29, 1.82) is 0 Å². The van der Waals surface area contributed by atoms with Gasteiger partial charge in [-0.2, -0.15) is 5.10 Å². The molecule has 140 valence electrons. The summed E-state index contributed by atoms with van der Waals surface area (Å²) in [6, 6.07) is 14.4. The van der Waals surface area contributed by atoms with E-state index in [9.17, 15) is 9.18 Å². The normalized spacial score (nSPS) is 18.5. The monoisotopic (exact) mass is 365 g/mol. The minimum absolute atomic E-state index is 0.0440. The van der Waals surface area contributed by atoms with Crippen molar-refractivity contribution >= 4 is 10.8 Å². The van der Waals surface area contributed by atoms with Crippen LogP contribution < -0.4 is 5.56 Å². The van der Waals surface area contributed by atoms with Gasteiger partial charge in [0.2, 0.25) is 0 Å². The molecule has 3 aromatic rings. The Labute approximate surface area is 158 Å². The summed E-state index contributed by atoms with van der Waals surface area (Å²) in [5.41, 5.74) is 1.31. The molecule has 1 saturated heterocycles. The molecule has 1 unspecified atom stereocenters. The van der Waals surface area contributed by atoms with Crippen LogP contribution in [0.4, 0.5) is 4.39 Å². The Morgan fingerprint density at radius 1 is 1.04 bits per heavy atom. The zero-order chi connectivity index (χ0) is 18.8. The van der Waals surface area contributed by atoms with Crippen molar-refractivity contribution in [3.63, 3.8) is 0 Å². The van der Waals surface area contributed by atoms with E-state index < -0.39 is 0 Å². The third kappa shape index (κ3) is 3.65. The molecule has 0 aliphatic carbocycles. The van der Waals surface area contributed by atoms with Crippen molar-refractivity contribution in [2.45, 2.75) is 31.7 Å². The minimum Gasteiger partial charge on any atom is -0.306 e. The lowest BCUT2D eigenvalue weighted by atomic mass is 10.0. The first-order chi connectivity index (χ1) is 13.1. The number of aromatic nitrogens is 2. The second-order valence-corrected chi connectivity index (χ2v) is 7.40. The molecule has 0 amide bonds. The topological polar surface area (TPSA) is 38.1 Å². The van der Waals surface area contributed by atoms with Crippen LogP contribution in [0.3, 0.4) is 0 Å². The molecule has 27 heavy (non-hydrogen) atoms. The van der Waals surface area contributed by atoms with Crippen molar-refractivity contribution in [2.24, 2.45) is 0 Å². The van der Waals surface area contributed by atoms with Crippen molar-refractivity contribution in [2.75, 3.05) is 20.1 Å². The Morgan fingerprint density at radius 3 is 2.59 bits per heavy atom. The van der Waals surface area contributed by atoms with Crippen LogP contribution in [0.5, 0.6) is 0 Å². The lowest BCUT2D eigenvalue weighted by Gasteiger charge is -2.19. The van der Waals surface area contributed by atoms with Gasteiger partial charge in [0.25, 0.3) is 5.56 Å². The highest BCUT2D eigenvalue weighted by Crippen LogP contribution is 2.23. The maximum Gasteiger partial charge on any atom is 0.274 e. The van der Waals surface area contributed by atoms with Gasteiger partial charge in [-0.1, -0.05) is 36.4 Å². The lowest BCUT2D eigenvalue weighted by Crippen LogP contribution is -2.29. The minimum atomic E-state index is -0.239. The predicted molar refractivity (Wildman–Crippen MR) is 106 cm³/mol. The number of nitrogens with zero attached hydrogens (tertiary/aromatic N) is 3. The van der Waals surface area contributed by atoms with Gasteiger partial charge in [0.15, 0.2) is 0 Å². The molecule has 1 aromatic heterocycles. The van der Waals surface area contributed by atoms with Crippen molar-refractivity contribution < 1.29 is 4.39 Å². The quantitative estimate of drug-likeness (QED) is 0.709. The molecule has 2 aromatic carbocycles. The maximum atomic E-state index is 14.2. The molecule has 0 N–H and O–H groups in total. The molecule has 1 atom stereocenters. The smallest absolute Gasteiger partial charge is 0.274 e. The van der Waals surface area contributed by atoms with E-state index in [1.54, 1.807) is 16.8 Å². The fourth-order valence-electron chi connectivity index (χ4n) is 3.94. The second kappa shape index (κ2) is 7.61. The van der Waals surface area contributed by atoms with E-state index in [0.29, 0.717) is 17.4 Å². The van der Waals surface area contributed by atoms with Gasteiger partial charge in [-0.3, -0.25) is 4.79 Å². The Morgan fingerprint density at radius 2 is 1.78 bits per heavy atom. The summed E-state index contributed by atoms with van der Waals surface area (Å²) in [5, 5.41) is 6.22. The van der Waals surface area contributed by atoms with E-state index in [1.807, 2.05) is 30.3 Å². The van der Waals surface area contributed by atoms with Crippen LogP contribution in [0.25, 0.3) is 10.8 Å². The van der Waals surface area contributed by atoms with Gasteiger partial charge in [-0.15, -0.1) is 0 Å². The van der Waals surface area contributed by atoms with E-state index in [-0.39, 0.29) is 17.4 Å². The highest BCUT2D eigenvalue weighted by Gasteiger charge is 2.21. The molecule has 1 fully saturated rings. The summed E-state index contributed by atoms with van der Waals surface area (Å²) in [6.07, 6.45) is 3.26. The van der Waals surface area contributed by atoms with Gasteiger partial charge in [0.1, 0.15) is 5.82 Å². The van der Waals surface area contributed by atoms with Crippen molar-refractivity contribution in [1.82, 2.24) is 14.7 Å². The van der Waals surface area contributed by atoms with Crippen LogP contribution in [0.15, 0.2) is 53.3 Å². The van der Waals surface area contributed by atoms with Gasteiger partial charge in [0, 0.05) is 11.8 Å². The summed E-state index contributed by atoms with van der Waals surface area (Å²) in [4.78, 5) is 15.4. The van der Waals surface area contributed by atoms with Crippen LogP contribution in [-0.4, -0.2) is 34.8 Å². The first-order valence-corrected chi connectivity index (χ1v) is 9.56. The van der Waals surface area contributed by atoms with Crippen LogP contribution in [0, 0.1) is 5.82 Å². The van der Waals surface area contributed by atoms with Gasteiger partial charge in [0.05, 0.1) is 17.1 Å². The molecule has 0 bridgehead atoms. The number of halogens is 1. The van der Waals surface area contributed by atoms with Gasteiger partial charge in [-0.05, 0) is 57.1 Å². The van der Waals surface area contributed by atoms with Crippen molar-refractivity contribution in [3.05, 3.63) is 76.0 Å². The fourth-order valence-corrected chi connectivity index (χ4v) is 3.94. The van der Waals surface area contributed by atoms with Crippen LogP contribution in [0.2, 0.25) is 0 Å². The highest BCUT2D eigenvalue weighted by molar-refractivity contribution is 5.83. The average Bonchev–Trinajstić information content (AvgIpc) is 2.90. The standard InChI is InChI=1S/C22H24FN3O/c1-25-13-6-8-17(12-14-25)26-22(27)19-10-4-3-9-18(19)21(24-26)15-16-7-2-5-11-20(16)23/h2-5,7,9-11,17H,6,8,12-15H2,1H3. The SMILES string of the molecule is CN1CCCC(n2nc(Cc3ccccc3F)c3ccccc3c2=O)CC1. The van der Waals surface area contributed by atoms with Crippen LogP contribution in [-0.2, 0) is 6.42 Å². The number of rotatable bonds is 3. The van der Waals surface area contributed by atoms with Gasteiger partial charge >= 0.3 is 0 Å². The van der Waals surface area contributed by atoms with Gasteiger partial charge in [-0.25, -0.2) is 9.07 Å². The fraction of sp³-hybridized carbons (Fsp3) is 0.364. The summed E-state index contributed by atoms with van der Waals surface area (Å²) < 4.78 is 15.9. The third-order valence-electron chi connectivity index (χ3n) is 5.49. The maximum absolute atomic E-state index is 14.2. The molecular weight excluding hydrogens is 341 g/mol. The summed E-state index contributed by atoms with van der Waals surface area (Å²) in [7, 11) is 2.11. The Balaban J connectivity index is 1.82. The van der Waals surface area contributed by atoms with E-state index >= 15 is 0 Å². The number of hydrogen-bond acceptors (Lipinski definition) is 3. The Kier molecular flexibility index (Phi) is 5.03. The molecule has 0 saturated carbocycles. The van der Waals surface area contributed by atoms with E-state index in [4.69, 9.17) is 5.10 Å². The number of likely N-dealkylation sites (tertiary alicyclic amines) is 1. The van der Waals surface area contributed by atoms with E-state index in [2.05, 4.69) is 11.9 Å². The predicted octanol–water partition coefficient (Wildman–Crippen LogP) is 3.78. The molecule has 1 aliphatic rings. The largest absolute Gasteiger partial charge is 0.306 e. The Hall–Kier alpha value is -2.53. The number of benzene rings is 2. The number of fused-ring (bicyclic) bond motifs is 1. The third-order valence-corrected chi connectivity index (χ3v) is 5.49. The summed E-state index contributed by atoms with van der Waals surface area (Å²) >= 11 is 0. The highest BCUT2D eigenvalue weighted by atomic mass is 19.1. The van der Waals surface area contributed by atoms with E-state index in [0.717, 1.165) is 43.4 Å². The molecule has 2 heterocycles. The number of hydrogen-bond donors (Lipinski definition) is 0. The molecule has 0 spiro atoms. The average molecular weight is 365 g/mol. The molecular formula is C22H24FN3O. The van der Waals surface area contributed by atoms with Crippen LogP contribution in [0.1, 0.15) is 36.6 Å². The zero-order valence-electron chi connectivity index (χ0n) is 15.6.